The topological polar surface area (TPSA) is 73.2 Å². The molecule has 0 aliphatic heterocycles. The molecule has 2 atom stereocenters. The highest BCUT2D eigenvalue weighted by molar-refractivity contribution is 5.95. The van der Waals surface area contributed by atoms with Crippen LogP contribution in [0.2, 0.25) is 0 Å². The average molecular weight is 295 g/mol. The Bertz CT molecular complexity index is 503. The van der Waals surface area contributed by atoms with Gasteiger partial charge in [-0.15, -0.1) is 0 Å². The maximum Gasteiger partial charge on any atom is 0.329 e. The normalized spacial score (nSPS) is 14.4. The van der Waals surface area contributed by atoms with Crippen LogP contribution in [0, 0.1) is 5.92 Å². The van der Waals surface area contributed by atoms with E-state index in [1.807, 2.05) is 34.6 Å². The molecule has 0 radical (unpaired) electrons. The van der Waals surface area contributed by atoms with Crippen molar-refractivity contribution in [1.29, 1.82) is 0 Å². The summed E-state index contributed by atoms with van der Waals surface area (Å²) in [6.07, 6.45) is 3.77. The molecule has 0 saturated carbocycles. The predicted octanol–water partition coefficient (Wildman–Crippen LogP) is 1.91. The number of aryl methyl sites for hydroxylation is 1. The van der Waals surface area contributed by atoms with Crippen molar-refractivity contribution in [2.75, 3.05) is 0 Å². The fraction of sp³-hybridized carbons (Fsp3) is 0.667. The van der Waals surface area contributed by atoms with E-state index < -0.39 is 17.6 Å². The fourth-order valence-corrected chi connectivity index (χ4v) is 1.83. The lowest BCUT2D eigenvalue weighted by Gasteiger charge is -2.27. The van der Waals surface area contributed by atoms with Gasteiger partial charge in [-0.05, 0) is 26.7 Å². The van der Waals surface area contributed by atoms with Gasteiger partial charge in [0.15, 0.2) is 0 Å². The van der Waals surface area contributed by atoms with Gasteiger partial charge in [0.05, 0.1) is 12.5 Å². The van der Waals surface area contributed by atoms with Crippen molar-refractivity contribution >= 4 is 11.9 Å². The molecule has 0 saturated heterocycles. The third kappa shape index (κ3) is 4.88. The number of nitrogens with zero attached hydrogens (tertiary/aromatic N) is 2. The Morgan fingerprint density at radius 2 is 2.05 bits per heavy atom. The van der Waals surface area contributed by atoms with Gasteiger partial charge in [0.2, 0.25) is 0 Å². The molecule has 1 N–H and O–H groups in total. The van der Waals surface area contributed by atoms with Crippen molar-refractivity contribution < 1.29 is 14.3 Å². The fourth-order valence-electron chi connectivity index (χ4n) is 1.83. The molecule has 6 heteroatoms. The maximum atomic E-state index is 12.3. The van der Waals surface area contributed by atoms with E-state index in [0.717, 1.165) is 6.42 Å². The minimum Gasteiger partial charge on any atom is -0.458 e. The van der Waals surface area contributed by atoms with Crippen molar-refractivity contribution in [2.24, 2.45) is 13.0 Å². The van der Waals surface area contributed by atoms with E-state index in [2.05, 4.69) is 10.3 Å². The van der Waals surface area contributed by atoms with Crippen LogP contribution in [-0.2, 0) is 16.6 Å². The Hall–Kier alpha value is -1.85. The van der Waals surface area contributed by atoms with Gasteiger partial charge in [0, 0.05) is 7.05 Å². The number of aromatic nitrogens is 2. The minimum absolute atomic E-state index is 0.0166. The van der Waals surface area contributed by atoms with E-state index in [-0.39, 0.29) is 11.8 Å². The number of carbonyl (C=O) groups is 2. The van der Waals surface area contributed by atoms with E-state index in [1.54, 1.807) is 17.9 Å². The van der Waals surface area contributed by atoms with Crippen LogP contribution in [-0.4, -0.2) is 33.1 Å². The zero-order valence-electron chi connectivity index (χ0n) is 13.6. The zero-order valence-corrected chi connectivity index (χ0v) is 13.6. The van der Waals surface area contributed by atoms with Crippen LogP contribution in [0.15, 0.2) is 12.5 Å². The van der Waals surface area contributed by atoms with Crippen LogP contribution in [0.1, 0.15) is 51.5 Å². The average Bonchev–Trinajstić information content (AvgIpc) is 2.78. The largest absolute Gasteiger partial charge is 0.458 e. The van der Waals surface area contributed by atoms with Gasteiger partial charge < -0.3 is 14.6 Å². The molecule has 0 unspecified atom stereocenters. The molecular formula is C15H25N3O3. The van der Waals surface area contributed by atoms with Gasteiger partial charge >= 0.3 is 5.97 Å². The van der Waals surface area contributed by atoms with Gasteiger partial charge in [-0.25, -0.2) is 9.78 Å². The molecular weight excluding hydrogens is 270 g/mol. The number of hydrogen-bond acceptors (Lipinski definition) is 4. The Morgan fingerprint density at radius 1 is 1.43 bits per heavy atom. The van der Waals surface area contributed by atoms with Crippen LogP contribution in [0.25, 0.3) is 0 Å². The lowest BCUT2D eigenvalue weighted by Crippen LogP contribution is -2.48. The molecule has 1 rings (SSSR count). The van der Waals surface area contributed by atoms with Crippen LogP contribution >= 0.6 is 0 Å². The molecule has 0 bridgehead atoms. The second-order valence-corrected chi connectivity index (χ2v) is 6.26. The van der Waals surface area contributed by atoms with Crippen LogP contribution in [0.5, 0.6) is 0 Å². The molecule has 118 valence electrons. The number of rotatable bonds is 5. The number of hydrogen-bond donors (Lipinski definition) is 1. The molecule has 1 amide bonds. The highest BCUT2D eigenvalue weighted by Gasteiger charge is 2.31. The summed E-state index contributed by atoms with van der Waals surface area (Å²) in [5.41, 5.74) is -0.174. The van der Waals surface area contributed by atoms with E-state index in [1.165, 1.54) is 6.20 Å². The van der Waals surface area contributed by atoms with Crippen LogP contribution in [0.4, 0.5) is 0 Å². The van der Waals surface area contributed by atoms with Crippen molar-refractivity contribution in [2.45, 2.75) is 52.7 Å². The first-order valence-corrected chi connectivity index (χ1v) is 7.15. The summed E-state index contributed by atoms with van der Waals surface area (Å²) < 4.78 is 7.00. The highest BCUT2D eigenvalue weighted by Crippen LogP contribution is 2.15. The number of carbonyl (C=O) groups excluding carboxylic acids is 2. The molecule has 1 heterocycles. The molecule has 1 aromatic heterocycles. The van der Waals surface area contributed by atoms with E-state index in [0.29, 0.717) is 5.69 Å². The number of imidazole rings is 1. The Kier molecular flexibility index (Phi) is 5.52. The number of amides is 1. The first kappa shape index (κ1) is 17.2. The van der Waals surface area contributed by atoms with Crippen LogP contribution in [0.3, 0.4) is 0 Å². The van der Waals surface area contributed by atoms with E-state index in [9.17, 15) is 9.59 Å². The Morgan fingerprint density at radius 3 is 2.48 bits per heavy atom. The van der Waals surface area contributed by atoms with Crippen molar-refractivity contribution in [3.8, 4) is 0 Å². The molecule has 0 aromatic carbocycles. The summed E-state index contributed by atoms with van der Waals surface area (Å²) in [6.45, 7) is 9.31. The summed E-state index contributed by atoms with van der Waals surface area (Å²) in [4.78, 5) is 28.4. The van der Waals surface area contributed by atoms with E-state index >= 15 is 0 Å². The van der Waals surface area contributed by atoms with Crippen molar-refractivity contribution in [3.63, 3.8) is 0 Å². The molecule has 1 aromatic rings. The van der Waals surface area contributed by atoms with Crippen molar-refractivity contribution in [3.05, 3.63) is 18.2 Å². The first-order valence-electron chi connectivity index (χ1n) is 7.15. The lowest BCUT2D eigenvalue weighted by atomic mass is 9.98. The lowest BCUT2D eigenvalue weighted by molar-refractivity contribution is -0.158. The number of nitrogens with one attached hydrogen (secondary N) is 1. The summed E-state index contributed by atoms with van der Waals surface area (Å²) >= 11 is 0. The molecule has 6 nitrogen and oxygen atoms in total. The minimum atomic E-state index is -0.670. The summed E-state index contributed by atoms with van der Waals surface area (Å²) in [6, 6.07) is -0.670. The molecule has 0 fully saturated rings. The molecule has 0 spiro atoms. The van der Waals surface area contributed by atoms with Crippen LogP contribution < -0.4 is 5.32 Å². The Balaban J connectivity index is 2.87. The number of esters is 1. The monoisotopic (exact) mass is 295 g/mol. The summed E-state index contributed by atoms with van der Waals surface area (Å²) in [5, 5.41) is 2.76. The Labute approximate surface area is 125 Å². The number of ether oxygens (including phenoxy) is 1. The SMILES string of the molecule is CC[C@H](C)[C@H](NC(=O)c1cncn1C)C(=O)OC(C)(C)C. The van der Waals surface area contributed by atoms with Crippen molar-refractivity contribution in [1.82, 2.24) is 14.9 Å². The highest BCUT2D eigenvalue weighted by atomic mass is 16.6. The molecule has 0 aliphatic rings. The quantitative estimate of drug-likeness (QED) is 0.842. The van der Waals surface area contributed by atoms with Gasteiger partial charge in [-0.2, -0.15) is 0 Å². The molecule has 0 aliphatic carbocycles. The van der Waals surface area contributed by atoms with Gasteiger partial charge in [-0.3, -0.25) is 4.79 Å². The summed E-state index contributed by atoms with van der Waals surface area (Å²) in [7, 11) is 1.73. The van der Waals surface area contributed by atoms with Gasteiger partial charge in [0.1, 0.15) is 17.3 Å². The smallest absolute Gasteiger partial charge is 0.329 e. The zero-order chi connectivity index (χ0) is 16.2. The second-order valence-electron chi connectivity index (χ2n) is 6.26. The van der Waals surface area contributed by atoms with Gasteiger partial charge in [0.25, 0.3) is 5.91 Å². The van der Waals surface area contributed by atoms with E-state index in [4.69, 9.17) is 4.74 Å². The summed E-state index contributed by atoms with van der Waals surface area (Å²) in [5.74, 6) is -0.754. The third-order valence-electron chi connectivity index (χ3n) is 3.21. The standard InChI is InChI=1S/C15H25N3O3/c1-7-10(2)12(14(20)21-15(3,4)5)17-13(19)11-8-16-9-18(11)6/h8-10,12H,7H2,1-6H3,(H,17,19)/t10-,12-/m0/s1. The second kappa shape index (κ2) is 6.74. The van der Waals surface area contributed by atoms with Gasteiger partial charge in [-0.1, -0.05) is 20.3 Å². The maximum absolute atomic E-state index is 12.3. The third-order valence-corrected chi connectivity index (χ3v) is 3.21. The predicted molar refractivity (Wildman–Crippen MR) is 79.8 cm³/mol. The molecule has 21 heavy (non-hydrogen) atoms. The first-order chi connectivity index (χ1) is 9.65.